The Bertz CT molecular complexity index is 1040. The van der Waals surface area contributed by atoms with Gasteiger partial charge in [0.05, 0.1) is 17.6 Å². The van der Waals surface area contributed by atoms with E-state index in [1.807, 2.05) is 11.2 Å². The van der Waals surface area contributed by atoms with Crippen molar-refractivity contribution >= 4 is 112 Å². The summed E-state index contributed by atoms with van der Waals surface area (Å²) in [7, 11) is 0. The molecule has 0 aliphatic carbocycles. The monoisotopic (exact) mass is 758 g/mol. The molecule has 3 heterocycles. The number of amides is 6. The number of hydrogen-bond donors (Lipinski definition) is 4. The molecule has 3 N–H and O–H groups in total. The van der Waals surface area contributed by atoms with Gasteiger partial charge in [0.15, 0.2) is 5.12 Å². The van der Waals surface area contributed by atoms with Crippen molar-refractivity contribution in [3.05, 3.63) is 0 Å². The van der Waals surface area contributed by atoms with Crippen molar-refractivity contribution < 1.29 is 33.6 Å². The van der Waals surface area contributed by atoms with Crippen LogP contribution in [-0.4, -0.2) is 151 Å². The Morgan fingerprint density at radius 3 is 1.26 bits per heavy atom. The number of nitrogens with one attached hydrogen (secondary N) is 3. The van der Waals surface area contributed by atoms with Crippen molar-refractivity contribution in [3.63, 3.8) is 0 Å². The zero-order chi connectivity index (χ0) is 34.6. The molecule has 3 saturated heterocycles. The number of thioether (sulfide) groups is 5. The molecule has 3 aliphatic rings. The van der Waals surface area contributed by atoms with Gasteiger partial charge in [0.25, 0.3) is 0 Å². The van der Waals surface area contributed by atoms with Crippen LogP contribution in [0.15, 0.2) is 0 Å². The Morgan fingerprint density at radius 2 is 0.978 bits per heavy atom. The highest BCUT2D eigenvalue weighted by molar-refractivity contribution is 8.13. The molecule has 0 aromatic rings. The molecule has 13 nitrogen and oxygen atoms in total. The fraction of sp³-hybridized carbons (Fsp3) is 0.741. The molecular weight excluding hydrogens is 713 g/mol. The van der Waals surface area contributed by atoms with Crippen molar-refractivity contribution in [3.8, 4) is 0 Å². The summed E-state index contributed by atoms with van der Waals surface area (Å²) in [6, 6.07) is -1.44. The maximum Gasteiger partial charge on any atom is 0.246 e. The van der Waals surface area contributed by atoms with E-state index in [9.17, 15) is 33.6 Å². The smallest absolute Gasteiger partial charge is 0.246 e. The summed E-state index contributed by atoms with van der Waals surface area (Å²) >= 11 is 11.8. The minimum absolute atomic E-state index is 0.0276. The topological polar surface area (TPSA) is 165 Å². The van der Waals surface area contributed by atoms with Gasteiger partial charge >= 0.3 is 0 Å². The summed E-state index contributed by atoms with van der Waals surface area (Å²) in [5.41, 5.74) is 0. The van der Waals surface area contributed by atoms with Gasteiger partial charge in [0.1, 0.15) is 18.1 Å². The first-order valence-corrected chi connectivity index (χ1v) is 20.9. The van der Waals surface area contributed by atoms with Gasteiger partial charge in [-0.1, -0.05) is 11.8 Å². The number of carbonyl (C=O) groups excluding carboxylic acids is 7. The Labute approximate surface area is 298 Å². The summed E-state index contributed by atoms with van der Waals surface area (Å²) in [6.45, 7) is 7.95. The average molecular weight is 759 g/mol. The van der Waals surface area contributed by atoms with Crippen LogP contribution in [0.1, 0.15) is 27.7 Å². The second-order valence-electron chi connectivity index (χ2n) is 10.1. The molecule has 0 radical (unpaired) electrons. The second-order valence-corrected chi connectivity index (χ2v) is 15.8. The van der Waals surface area contributed by atoms with Gasteiger partial charge in [-0.2, -0.15) is 24.4 Å². The van der Waals surface area contributed by atoms with E-state index in [4.69, 9.17) is 0 Å². The zero-order valence-corrected chi connectivity index (χ0v) is 31.9. The van der Waals surface area contributed by atoms with Crippen LogP contribution in [0, 0.1) is 0 Å². The number of nitrogens with zero attached hydrogens (tertiary/aromatic N) is 3. The van der Waals surface area contributed by atoms with Crippen LogP contribution in [-0.2, 0) is 33.6 Å². The highest BCUT2D eigenvalue weighted by Gasteiger charge is 2.29. The molecule has 0 aromatic heterocycles. The lowest BCUT2D eigenvalue weighted by atomic mass is 10.3. The Hall–Kier alpha value is -1.41. The fourth-order valence-electron chi connectivity index (χ4n) is 4.06. The van der Waals surface area contributed by atoms with Crippen molar-refractivity contribution in [1.82, 2.24) is 30.7 Å². The molecule has 0 aromatic carbocycles. The Morgan fingerprint density at radius 1 is 0.630 bits per heavy atom. The lowest BCUT2D eigenvalue weighted by Crippen LogP contribution is -2.48. The molecule has 6 amide bonds. The SMILES string of the molecule is CC(=O)N[C@@H](CS)C(=O)N1CCSC1.CC(=O)N[C@@H](CSC(C)=O)C(=O)N1CCSC1.CSC[C@H](NC(C)=O)C(=O)N1CCSC1. The van der Waals surface area contributed by atoms with Gasteiger partial charge in [0, 0.05) is 81.8 Å². The highest BCUT2D eigenvalue weighted by Crippen LogP contribution is 2.17. The molecule has 0 spiro atoms. The van der Waals surface area contributed by atoms with Crippen LogP contribution in [0.5, 0.6) is 0 Å². The number of rotatable bonds is 11. The molecule has 262 valence electrons. The Kier molecular flexibility index (Phi) is 22.1. The molecule has 19 heteroatoms. The maximum atomic E-state index is 12.1. The lowest BCUT2D eigenvalue weighted by molar-refractivity contribution is -0.134. The third-order valence-electron chi connectivity index (χ3n) is 6.19. The molecule has 3 aliphatic heterocycles. The first-order valence-electron chi connectivity index (χ1n) is 14.4. The standard InChI is InChI=1S/C10H16N2O3S2.C9H16N2O2S2.C8H14N2O2S2/c1-7(13)11-9(5-17-8(2)14)10(15)12-3-4-16-6-12;1-7(12)10-8(5-14-2)9(13)11-3-4-15-6-11;1-6(11)9-7(4-13)8(12)10-2-3-14-5-10/h9H,3-6H2,1-2H3,(H,11,13);8H,3-6H2,1-2H3,(H,10,12);7,13H,2-5H2,1H3,(H,9,11)/t9-;8-;7-/m000/s1. The van der Waals surface area contributed by atoms with Crippen molar-refractivity contribution in [1.29, 1.82) is 0 Å². The van der Waals surface area contributed by atoms with Crippen LogP contribution >= 0.6 is 71.4 Å². The van der Waals surface area contributed by atoms with Gasteiger partial charge in [-0.3, -0.25) is 33.6 Å². The summed E-state index contributed by atoms with van der Waals surface area (Å²) in [4.78, 5) is 84.8. The summed E-state index contributed by atoms with van der Waals surface area (Å²) in [5, 5.41) is 7.84. The van der Waals surface area contributed by atoms with Crippen molar-refractivity contribution in [2.75, 3.05) is 78.0 Å². The van der Waals surface area contributed by atoms with Crippen LogP contribution < -0.4 is 16.0 Å². The largest absolute Gasteiger partial charge is 0.344 e. The van der Waals surface area contributed by atoms with E-state index < -0.39 is 12.1 Å². The van der Waals surface area contributed by atoms with E-state index in [0.29, 0.717) is 29.7 Å². The highest BCUT2D eigenvalue weighted by atomic mass is 32.2. The normalized spacial score (nSPS) is 17.4. The summed E-state index contributed by atoms with van der Waals surface area (Å²) in [6.07, 6.45) is 1.93. The van der Waals surface area contributed by atoms with E-state index in [1.165, 1.54) is 27.7 Å². The molecule has 0 saturated carbocycles. The van der Waals surface area contributed by atoms with Crippen molar-refractivity contribution in [2.24, 2.45) is 0 Å². The van der Waals surface area contributed by atoms with Gasteiger partial charge in [-0.25, -0.2) is 0 Å². The number of thiol groups is 1. The molecule has 3 fully saturated rings. The van der Waals surface area contributed by atoms with Crippen LogP contribution in [0.25, 0.3) is 0 Å². The number of carbonyl (C=O) groups is 7. The van der Waals surface area contributed by atoms with Gasteiger partial charge in [-0.15, -0.1) is 35.3 Å². The minimum atomic E-state index is -0.597. The van der Waals surface area contributed by atoms with Gasteiger partial charge in [0.2, 0.25) is 35.4 Å². The zero-order valence-electron chi connectivity index (χ0n) is 26.9. The summed E-state index contributed by atoms with van der Waals surface area (Å²) in [5.74, 6) is 5.67. The minimum Gasteiger partial charge on any atom is -0.344 e. The first-order chi connectivity index (χ1) is 21.8. The van der Waals surface area contributed by atoms with Gasteiger partial charge < -0.3 is 30.7 Å². The Balaban J connectivity index is 0.000000347. The summed E-state index contributed by atoms with van der Waals surface area (Å²) < 4.78 is 0. The van der Waals surface area contributed by atoms with Crippen LogP contribution in [0.4, 0.5) is 0 Å². The third-order valence-corrected chi connectivity index (χ3v) is 11.0. The quantitative estimate of drug-likeness (QED) is 0.218. The molecule has 0 unspecified atom stereocenters. The van der Waals surface area contributed by atoms with Crippen LogP contribution in [0.3, 0.4) is 0 Å². The van der Waals surface area contributed by atoms with E-state index in [2.05, 4.69) is 28.6 Å². The van der Waals surface area contributed by atoms with E-state index in [1.54, 1.807) is 56.8 Å². The molecule has 46 heavy (non-hydrogen) atoms. The maximum absolute atomic E-state index is 12.1. The molecule has 0 bridgehead atoms. The average Bonchev–Trinajstić information content (AvgIpc) is 3.81. The van der Waals surface area contributed by atoms with Crippen LogP contribution in [0.2, 0.25) is 0 Å². The van der Waals surface area contributed by atoms with E-state index >= 15 is 0 Å². The molecular formula is C27H46N6O7S6. The predicted molar refractivity (Wildman–Crippen MR) is 195 cm³/mol. The van der Waals surface area contributed by atoms with E-state index in [-0.39, 0.29) is 46.6 Å². The first kappa shape index (κ1) is 42.6. The molecule has 3 rings (SSSR count). The van der Waals surface area contributed by atoms with E-state index in [0.717, 1.165) is 53.9 Å². The van der Waals surface area contributed by atoms with Gasteiger partial charge in [-0.05, 0) is 6.26 Å². The second kappa shape index (κ2) is 23.8. The fourth-order valence-corrected chi connectivity index (χ4v) is 8.36. The predicted octanol–water partition coefficient (Wildman–Crippen LogP) is 0.645. The third kappa shape index (κ3) is 17.1. The number of hydrogen-bond acceptors (Lipinski definition) is 13. The lowest BCUT2D eigenvalue weighted by Gasteiger charge is -2.22. The molecule has 3 atom stereocenters. The van der Waals surface area contributed by atoms with Crippen molar-refractivity contribution in [2.45, 2.75) is 45.8 Å².